The molecule has 0 bridgehead atoms. The van der Waals surface area contributed by atoms with Crippen LogP contribution >= 0.6 is 18.0 Å². The standard InChI is InChI=1S/C8H16ClN2O3P/c9-15(12,10-3-6-13-7-4-10)11-2-1-5-14-8-11/h1-8H2. The predicted molar refractivity (Wildman–Crippen MR) is 58.0 cm³/mol. The van der Waals surface area contributed by atoms with E-state index in [0.717, 1.165) is 19.6 Å². The van der Waals surface area contributed by atoms with E-state index < -0.39 is 6.80 Å². The van der Waals surface area contributed by atoms with Crippen LogP contribution in [0, 0.1) is 0 Å². The average molecular weight is 255 g/mol. The van der Waals surface area contributed by atoms with Gasteiger partial charge in [-0.1, -0.05) is 0 Å². The topological polar surface area (TPSA) is 42.0 Å². The Morgan fingerprint density at radius 1 is 1.00 bits per heavy atom. The van der Waals surface area contributed by atoms with Crippen molar-refractivity contribution >= 4 is 18.0 Å². The van der Waals surface area contributed by atoms with E-state index in [0.29, 0.717) is 33.0 Å². The summed E-state index contributed by atoms with van der Waals surface area (Å²) < 4.78 is 26.4. The zero-order valence-corrected chi connectivity index (χ0v) is 10.3. The van der Waals surface area contributed by atoms with Gasteiger partial charge in [-0.2, -0.15) is 0 Å². The van der Waals surface area contributed by atoms with Gasteiger partial charge in [-0.05, 0) is 17.7 Å². The van der Waals surface area contributed by atoms with E-state index in [1.807, 2.05) is 4.67 Å². The highest BCUT2D eigenvalue weighted by Gasteiger charge is 2.36. The van der Waals surface area contributed by atoms with Crippen molar-refractivity contribution in [2.24, 2.45) is 0 Å². The SMILES string of the molecule is O=P(Cl)(N1CCOCC1)N1CCCOC1. The zero-order chi connectivity index (χ0) is 10.7. The lowest BCUT2D eigenvalue weighted by Crippen LogP contribution is -2.40. The molecule has 0 aromatic rings. The van der Waals surface area contributed by atoms with E-state index >= 15 is 0 Å². The van der Waals surface area contributed by atoms with Crippen molar-refractivity contribution < 1.29 is 14.0 Å². The van der Waals surface area contributed by atoms with Crippen LogP contribution < -0.4 is 0 Å². The second-order valence-corrected chi connectivity index (χ2v) is 7.06. The van der Waals surface area contributed by atoms with E-state index in [-0.39, 0.29) is 0 Å². The molecule has 2 heterocycles. The van der Waals surface area contributed by atoms with E-state index in [9.17, 15) is 4.57 Å². The van der Waals surface area contributed by atoms with Gasteiger partial charge in [-0.15, -0.1) is 0 Å². The van der Waals surface area contributed by atoms with Crippen molar-refractivity contribution in [1.29, 1.82) is 0 Å². The molecular formula is C8H16ClN2O3P. The summed E-state index contributed by atoms with van der Waals surface area (Å²) in [4.78, 5) is 0. The normalized spacial score (nSPS) is 29.9. The van der Waals surface area contributed by atoms with Gasteiger partial charge in [0, 0.05) is 26.2 Å². The molecule has 5 nitrogen and oxygen atoms in total. The minimum atomic E-state index is -2.91. The fraction of sp³-hybridized carbons (Fsp3) is 1.00. The van der Waals surface area contributed by atoms with Crippen molar-refractivity contribution in [2.45, 2.75) is 6.42 Å². The first-order valence-corrected chi connectivity index (χ1v) is 7.69. The Bertz CT molecular complexity index is 232. The summed E-state index contributed by atoms with van der Waals surface area (Å²) in [6.07, 6.45) is 0.890. The molecule has 7 heteroatoms. The molecule has 15 heavy (non-hydrogen) atoms. The molecule has 2 rings (SSSR count). The van der Waals surface area contributed by atoms with Gasteiger partial charge in [-0.3, -0.25) is 4.57 Å². The van der Waals surface area contributed by atoms with Gasteiger partial charge in [0.1, 0.15) is 6.73 Å². The van der Waals surface area contributed by atoms with Crippen LogP contribution in [0.4, 0.5) is 0 Å². The first kappa shape index (κ1) is 11.8. The molecule has 0 saturated carbocycles. The Morgan fingerprint density at radius 3 is 2.33 bits per heavy atom. The van der Waals surface area contributed by atoms with Gasteiger partial charge < -0.3 is 9.47 Å². The van der Waals surface area contributed by atoms with Gasteiger partial charge in [0.25, 0.3) is 0 Å². The first-order chi connectivity index (χ1) is 7.21. The van der Waals surface area contributed by atoms with Crippen LogP contribution in [-0.2, 0) is 14.0 Å². The third-order valence-electron chi connectivity index (χ3n) is 2.63. The van der Waals surface area contributed by atoms with Crippen LogP contribution in [0.15, 0.2) is 0 Å². The molecule has 2 fully saturated rings. The van der Waals surface area contributed by atoms with Crippen molar-refractivity contribution in [1.82, 2.24) is 9.34 Å². The van der Waals surface area contributed by atoms with Gasteiger partial charge in [0.05, 0.1) is 13.2 Å². The maximum absolute atomic E-state index is 12.4. The van der Waals surface area contributed by atoms with E-state index in [1.54, 1.807) is 4.67 Å². The highest BCUT2D eigenvalue weighted by Crippen LogP contribution is 2.58. The molecule has 88 valence electrons. The molecule has 0 spiro atoms. The Kier molecular flexibility index (Phi) is 4.04. The fourth-order valence-corrected chi connectivity index (χ4v) is 4.20. The molecule has 2 saturated heterocycles. The summed E-state index contributed by atoms with van der Waals surface area (Å²) in [5.41, 5.74) is 0. The predicted octanol–water partition coefficient (Wildman–Crippen LogP) is 1.35. The summed E-state index contributed by atoms with van der Waals surface area (Å²) >= 11 is 6.17. The molecule has 0 aromatic carbocycles. The summed E-state index contributed by atoms with van der Waals surface area (Å²) in [6, 6.07) is 0. The molecule has 0 amide bonds. The largest absolute Gasteiger partial charge is 0.379 e. The van der Waals surface area contributed by atoms with Crippen molar-refractivity contribution in [3.63, 3.8) is 0 Å². The lowest BCUT2D eigenvalue weighted by Gasteiger charge is -2.38. The van der Waals surface area contributed by atoms with E-state index in [2.05, 4.69) is 0 Å². The summed E-state index contributed by atoms with van der Waals surface area (Å²) in [6.45, 7) is 1.42. The maximum atomic E-state index is 12.4. The molecule has 0 aromatic heterocycles. The molecule has 0 radical (unpaired) electrons. The second kappa shape index (κ2) is 5.13. The minimum absolute atomic E-state index is 0.373. The first-order valence-electron chi connectivity index (χ1n) is 5.17. The smallest absolute Gasteiger partial charge is 0.306 e. The van der Waals surface area contributed by atoms with Crippen LogP contribution in [0.1, 0.15) is 6.42 Å². The molecule has 0 N–H and O–H groups in total. The zero-order valence-electron chi connectivity index (χ0n) is 8.60. The maximum Gasteiger partial charge on any atom is 0.306 e. The van der Waals surface area contributed by atoms with Gasteiger partial charge >= 0.3 is 6.80 Å². The van der Waals surface area contributed by atoms with Crippen LogP contribution in [-0.4, -0.2) is 55.5 Å². The summed E-state index contributed by atoms with van der Waals surface area (Å²) in [5, 5.41) is 0. The number of hydrogen-bond acceptors (Lipinski definition) is 3. The Labute approximate surface area is 94.5 Å². The van der Waals surface area contributed by atoms with Crippen LogP contribution in [0.25, 0.3) is 0 Å². The number of rotatable bonds is 2. The molecule has 2 aliphatic rings. The summed E-state index contributed by atoms with van der Waals surface area (Å²) in [5.74, 6) is 0. The number of hydrogen-bond donors (Lipinski definition) is 0. The molecular weight excluding hydrogens is 239 g/mol. The van der Waals surface area contributed by atoms with Crippen molar-refractivity contribution in [3.05, 3.63) is 0 Å². The van der Waals surface area contributed by atoms with Crippen LogP contribution in [0.3, 0.4) is 0 Å². The highest BCUT2D eigenvalue weighted by molar-refractivity contribution is 7.85. The van der Waals surface area contributed by atoms with Crippen LogP contribution in [0.2, 0.25) is 0 Å². The minimum Gasteiger partial charge on any atom is -0.379 e. The monoisotopic (exact) mass is 254 g/mol. The molecule has 1 unspecified atom stereocenters. The van der Waals surface area contributed by atoms with E-state index in [4.69, 9.17) is 20.7 Å². The summed E-state index contributed by atoms with van der Waals surface area (Å²) in [7, 11) is 0. The Balaban J connectivity index is 1.99. The lowest BCUT2D eigenvalue weighted by atomic mass is 10.4. The number of ether oxygens (including phenoxy) is 2. The molecule has 0 aliphatic carbocycles. The quantitative estimate of drug-likeness (QED) is 0.696. The van der Waals surface area contributed by atoms with Crippen molar-refractivity contribution in [3.8, 4) is 0 Å². The fourth-order valence-electron chi connectivity index (χ4n) is 1.76. The Hall–Kier alpha value is 0.360. The van der Waals surface area contributed by atoms with E-state index in [1.165, 1.54) is 0 Å². The third kappa shape index (κ3) is 2.73. The highest BCUT2D eigenvalue weighted by atomic mass is 35.7. The molecule has 2 aliphatic heterocycles. The second-order valence-electron chi connectivity index (χ2n) is 3.66. The Morgan fingerprint density at radius 2 is 1.73 bits per heavy atom. The number of nitrogens with zero attached hydrogens (tertiary/aromatic N) is 2. The number of halogens is 1. The van der Waals surface area contributed by atoms with Crippen LogP contribution in [0.5, 0.6) is 0 Å². The molecule has 1 atom stereocenters. The lowest BCUT2D eigenvalue weighted by molar-refractivity contribution is 0.0218. The van der Waals surface area contributed by atoms with Crippen molar-refractivity contribution in [2.75, 3.05) is 46.2 Å². The third-order valence-corrected chi connectivity index (χ3v) is 6.02. The van der Waals surface area contributed by atoms with Gasteiger partial charge in [-0.25, -0.2) is 9.34 Å². The van der Waals surface area contributed by atoms with Gasteiger partial charge in [0.2, 0.25) is 0 Å². The van der Waals surface area contributed by atoms with Gasteiger partial charge in [0.15, 0.2) is 0 Å². The number of morpholine rings is 1. The average Bonchev–Trinajstić information content (AvgIpc) is 2.31.